The zero-order valence-corrected chi connectivity index (χ0v) is 14.7. The third-order valence-corrected chi connectivity index (χ3v) is 5.50. The van der Waals surface area contributed by atoms with E-state index in [-0.39, 0.29) is 11.9 Å². The second-order valence-electron chi connectivity index (χ2n) is 6.37. The average molecular weight is 364 g/mol. The molecule has 0 aromatic carbocycles. The Bertz CT molecular complexity index is 1050. The molecular formula is C19H16N4O2S. The summed E-state index contributed by atoms with van der Waals surface area (Å²) in [5.74, 6) is 0.929. The molecule has 4 aromatic rings. The maximum atomic E-state index is 12.6. The summed E-state index contributed by atoms with van der Waals surface area (Å²) in [5.41, 5.74) is 3.44. The topological polar surface area (TPSA) is 64.2 Å². The minimum Gasteiger partial charge on any atom is -0.472 e. The van der Waals surface area contributed by atoms with Crippen molar-refractivity contribution < 1.29 is 9.21 Å². The summed E-state index contributed by atoms with van der Waals surface area (Å²) < 4.78 is 7.24. The van der Waals surface area contributed by atoms with Crippen LogP contribution in [0.2, 0.25) is 0 Å². The Kier molecular flexibility index (Phi) is 3.60. The number of thiophene rings is 1. The van der Waals surface area contributed by atoms with Gasteiger partial charge in [-0.15, -0.1) is 0 Å². The number of hydrogen-bond acceptors (Lipinski definition) is 5. The Balaban J connectivity index is 1.53. The van der Waals surface area contributed by atoms with Crippen LogP contribution in [0, 0.1) is 0 Å². The number of furan rings is 1. The lowest BCUT2D eigenvalue weighted by molar-refractivity contribution is 0.0787. The highest BCUT2D eigenvalue weighted by molar-refractivity contribution is 7.08. The second kappa shape index (κ2) is 6.10. The van der Waals surface area contributed by atoms with Crippen LogP contribution in [-0.2, 0) is 0 Å². The van der Waals surface area contributed by atoms with Crippen LogP contribution in [0.5, 0.6) is 0 Å². The number of aromatic nitrogens is 3. The van der Waals surface area contributed by atoms with Gasteiger partial charge in [0.1, 0.15) is 17.6 Å². The minimum absolute atomic E-state index is 0.00992. The van der Waals surface area contributed by atoms with Gasteiger partial charge in [0.2, 0.25) is 0 Å². The summed E-state index contributed by atoms with van der Waals surface area (Å²) in [6, 6.07) is 7.82. The summed E-state index contributed by atoms with van der Waals surface area (Å²) in [7, 11) is 0. The van der Waals surface area contributed by atoms with Gasteiger partial charge < -0.3 is 13.9 Å². The molecule has 1 aliphatic heterocycles. The highest BCUT2D eigenvalue weighted by Gasteiger charge is 2.31. The summed E-state index contributed by atoms with van der Waals surface area (Å²) in [4.78, 5) is 23.9. The minimum atomic E-state index is 0.00992. The van der Waals surface area contributed by atoms with Crippen molar-refractivity contribution in [2.45, 2.75) is 12.5 Å². The predicted octanol–water partition coefficient (Wildman–Crippen LogP) is 3.84. The van der Waals surface area contributed by atoms with Crippen molar-refractivity contribution in [1.29, 1.82) is 0 Å². The molecule has 1 fully saturated rings. The van der Waals surface area contributed by atoms with Gasteiger partial charge in [-0.1, -0.05) is 0 Å². The van der Waals surface area contributed by atoms with Crippen molar-refractivity contribution in [3.05, 3.63) is 59.3 Å². The van der Waals surface area contributed by atoms with Gasteiger partial charge in [-0.3, -0.25) is 4.79 Å². The molecule has 0 radical (unpaired) electrons. The van der Waals surface area contributed by atoms with Crippen LogP contribution in [0.3, 0.4) is 0 Å². The van der Waals surface area contributed by atoms with Crippen LogP contribution in [0.15, 0.2) is 58.2 Å². The third-order valence-electron chi connectivity index (χ3n) is 4.81. The second-order valence-corrected chi connectivity index (χ2v) is 7.15. The van der Waals surface area contributed by atoms with Crippen LogP contribution >= 0.6 is 11.3 Å². The maximum absolute atomic E-state index is 12.6. The van der Waals surface area contributed by atoms with Crippen LogP contribution in [-0.4, -0.2) is 38.4 Å². The molecule has 0 bridgehead atoms. The number of pyridine rings is 1. The highest BCUT2D eigenvalue weighted by atomic mass is 32.1. The number of amides is 1. The van der Waals surface area contributed by atoms with Gasteiger partial charge in [0.25, 0.3) is 5.91 Å². The highest BCUT2D eigenvalue weighted by Crippen LogP contribution is 2.33. The van der Waals surface area contributed by atoms with Crippen molar-refractivity contribution >= 4 is 28.4 Å². The van der Waals surface area contributed by atoms with E-state index in [0.717, 1.165) is 29.0 Å². The van der Waals surface area contributed by atoms with Crippen molar-refractivity contribution in [3.8, 4) is 11.4 Å². The van der Waals surface area contributed by atoms with E-state index in [2.05, 4.69) is 26.4 Å². The smallest absolute Gasteiger partial charge is 0.257 e. The molecule has 4 aromatic heterocycles. The lowest BCUT2D eigenvalue weighted by Gasteiger charge is -2.18. The van der Waals surface area contributed by atoms with Gasteiger partial charge in [0.15, 0.2) is 5.65 Å². The Morgan fingerprint density at radius 1 is 1.31 bits per heavy atom. The van der Waals surface area contributed by atoms with Crippen LogP contribution in [0.4, 0.5) is 0 Å². The zero-order valence-electron chi connectivity index (χ0n) is 13.9. The molecule has 0 spiro atoms. The molecule has 1 saturated heterocycles. The predicted molar refractivity (Wildman–Crippen MR) is 99.1 cm³/mol. The summed E-state index contributed by atoms with van der Waals surface area (Å²) >= 11 is 1.65. The van der Waals surface area contributed by atoms with E-state index >= 15 is 0 Å². The molecule has 7 heteroatoms. The molecule has 1 unspecified atom stereocenters. The van der Waals surface area contributed by atoms with Crippen molar-refractivity contribution in [2.75, 3.05) is 13.1 Å². The normalized spacial score (nSPS) is 17.2. The average Bonchev–Trinajstić information content (AvgIpc) is 3.47. The standard InChI is InChI=1S/C19H16N4O2S/c24-19(13-4-8-25-11-13)22-7-3-15(10-22)23-17(14-5-9-26-12-14)21-16-2-1-6-20-18(16)23/h1-2,4-6,8-9,11-12,15H,3,7,10H2. The summed E-state index contributed by atoms with van der Waals surface area (Å²) in [6.07, 6.45) is 5.70. The number of hydrogen-bond donors (Lipinski definition) is 0. The molecule has 0 saturated carbocycles. The summed E-state index contributed by atoms with van der Waals surface area (Å²) in [6.45, 7) is 1.35. The fourth-order valence-electron chi connectivity index (χ4n) is 3.58. The Labute approximate surface area is 153 Å². The fourth-order valence-corrected chi connectivity index (χ4v) is 4.21. The number of carbonyl (C=O) groups is 1. The van der Waals surface area contributed by atoms with Gasteiger partial charge in [-0.25, -0.2) is 9.97 Å². The molecule has 1 atom stereocenters. The molecule has 5 rings (SSSR count). The van der Waals surface area contributed by atoms with Crippen LogP contribution < -0.4 is 0 Å². The Hall–Kier alpha value is -2.93. The molecular weight excluding hydrogens is 348 g/mol. The number of carbonyl (C=O) groups excluding carboxylic acids is 1. The van der Waals surface area contributed by atoms with Crippen molar-refractivity contribution in [2.24, 2.45) is 0 Å². The fraction of sp³-hybridized carbons (Fsp3) is 0.211. The van der Waals surface area contributed by atoms with Crippen molar-refractivity contribution in [1.82, 2.24) is 19.4 Å². The molecule has 1 amide bonds. The van der Waals surface area contributed by atoms with Crippen LogP contribution in [0.1, 0.15) is 22.8 Å². The summed E-state index contributed by atoms with van der Waals surface area (Å²) in [5, 5.41) is 4.15. The largest absolute Gasteiger partial charge is 0.472 e. The molecule has 0 N–H and O–H groups in total. The van der Waals surface area contributed by atoms with E-state index < -0.39 is 0 Å². The van der Waals surface area contributed by atoms with Gasteiger partial charge in [0, 0.05) is 30.2 Å². The van der Waals surface area contributed by atoms with Crippen LogP contribution in [0.25, 0.3) is 22.6 Å². The molecule has 6 nitrogen and oxygen atoms in total. The number of fused-ring (bicyclic) bond motifs is 1. The van der Waals surface area contributed by atoms with E-state index in [1.165, 1.54) is 12.5 Å². The number of likely N-dealkylation sites (tertiary alicyclic amines) is 1. The van der Waals surface area contributed by atoms with E-state index in [1.54, 1.807) is 23.6 Å². The molecule has 26 heavy (non-hydrogen) atoms. The Morgan fingerprint density at radius 3 is 3.08 bits per heavy atom. The Morgan fingerprint density at radius 2 is 2.27 bits per heavy atom. The van der Waals surface area contributed by atoms with E-state index in [0.29, 0.717) is 18.7 Å². The van der Waals surface area contributed by atoms with Crippen molar-refractivity contribution in [3.63, 3.8) is 0 Å². The molecule has 0 aliphatic carbocycles. The third kappa shape index (κ3) is 2.43. The number of imidazole rings is 1. The number of nitrogens with zero attached hydrogens (tertiary/aromatic N) is 4. The lowest BCUT2D eigenvalue weighted by Crippen LogP contribution is -2.28. The van der Waals surface area contributed by atoms with Gasteiger partial charge >= 0.3 is 0 Å². The zero-order chi connectivity index (χ0) is 17.5. The quantitative estimate of drug-likeness (QED) is 0.554. The molecule has 130 valence electrons. The monoisotopic (exact) mass is 364 g/mol. The van der Waals surface area contributed by atoms with E-state index in [1.807, 2.05) is 17.0 Å². The first-order chi connectivity index (χ1) is 12.8. The first kappa shape index (κ1) is 15.3. The van der Waals surface area contributed by atoms with E-state index in [9.17, 15) is 4.79 Å². The van der Waals surface area contributed by atoms with Gasteiger partial charge in [-0.05, 0) is 36.1 Å². The first-order valence-electron chi connectivity index (χ1n) is 8.48. The number of rotatable bonds is 3. The van der Waals surface area contributed by atoms with E-state index in [4.69, 9.17) is 9.40 Å². The lowest BCUT2D eigenvalue weighted by atomic mass is 10.2. The molecule has 5 heterocycles. The van der Waals surface area contributed by atoms with Gasteiger partial charge in [0.05, 0.1) is 17.9 Å². The SMILES string of the molecule is O=C(c1ccoc1)N1CCC(n2c(-c3ccsc3)nc3cccnc32)C1. The van der Waals surface area contributed by atoms with Gasteiger partial charge in [-0.2, -0.15) is 11.3 Å². The maximum Gasteiger partial charge on any atom is 0.257 e. The first-order valence-corrected chi connectivity index (χ1v) is 9.42. The molecule has 1 aliphatic rings.